The molecule has 1 aromatic heterocycles. The molecule has 152 valence electrons. The van der Waals surface area contributed by atoms with Gasteiger partial charge in [0.2, 0.25) is 0 Å². The van der Waals surface area contributed by atoms with Crippen molar-refractivity contribution in [2.24, 2.45) is 5.92 Å². The van der Waals surface area contributed by atoms with Crippen molar-refractivity contribution in [2.75, 3.05) is 11.2 Å². The second kappa shape index (κ2) is 8.29. The Kier molecular flexibility index (Phi) is 5.56. The second-order valence-electron chi connectivity index (χ2n) is 7.51. The molecule has 1 aliphatic rings. The van der Waals surface area contributed by atoms with Gasteiger partial charge in [0.1, 0.15) is 17.4 Å². The maximum Gasteiger partial charge on any atom is 0.271 e. The van der Waals surface area contributed by atoms with Crippen molar-refractivity contribution in [2.45, 2.75) is 25.4 Å². The highest BCUT2D eigenvalue weighted by molar-refractivity contribution is 6.28. The second-order valence-corrected chi connectivity index (χ2v) is 7.77. The quantitative estimate of drug-likeness (QED) is 0.607. The zero-order valence-corrected chi connectivity index (χ0v) is 16.8. The van der Waals surface area contributed by atoms with E-state index < -0.39 is 5.56 Å². The molecule has 0 saturated heterocycles. The average Bonchev–Trinajstić information content (AvgIpc) is 2.73. The number of alkyl halides is 1. The predicted octanol–water partition coefficient (Wildman–Crippen LogP) is 4.06. The Hall–Kier alpha value is -3.17. The Balaban J connectivity index is 1.74. The van der Waals surface area contributed by atoms with Crippen LogP contribution in [0.3, 0.4) is 0 Å². The molecule has 7 heteroatoms. The molecule has 1 aliphatic carbocycles. The summed E-state index contributed by atoms with van der Waals surface area (Å²) in [5.74, 6) is -0.395. The number of Topliss-reactive ketones (excluding diaryl/α,β-unsaturated/α-hetero) is 1. The van der Waals surface area contributed by atoms with Gasteiger partial charge < -0.3 is 9.88 Å². The first-order valence-electron chi connectivity index (χ1n) is 9.67. The number of pyridine rings is 1. The van der Waals surface area contributed by atoms with Crippen molar-refractivity contribution in [3.63, 3.8) is 0 Å². The molecule has 0 bridgehead atoms. The predicted molar refractivity (Wildman–Crippen MR) is 114 cm³/mol. The lowest BCUT2D eigenvalue weighted by Crippen LogP contribution is -2.40. The number of anilines is 1. The third kappa shape index (κ3) is 3.69. The van der Waals surface area contributed by atoms with Gasteiger partial charge in [0.25, 0.3) is 5.56 Å². The number of nitrogens with zero attached hydrogens (tertiary/aromatic N) is 2. The lowest BCUT2D eigenvalue weighted by Gasteiger charge is -2.35. The van der Waals surface area contributed by atoms with E-state index in [4.69, 9.17) is 11.6 Å². The number of ketones is 1. The first-order chi connectivity index (χ1) is 14.5. The highest BCUT2D eigenvalue weighted by Crippen LogP contribution is 2.34. The number of aromatic nitrogens is 1. The molecule has 0 radical (unpaired) electrons. The van der Waals surface area contributed by atoms with Gasteiger partial charge in [0.15, 0.2) is 5.78 Å². The highest BCUT2D eigenvalue weighted by Gasteiger charge is 2.34. The van der Waals surface area contributed by atoms with Gasteiger partial charge in [-0.2, -0.15) is 5.26 Å². The molecule has 2 aromatic carbocycles. The molecule has 30 heavy (non-hydrogen) atoms. The normalized spacial score (nSPS) is 17.9. The zero-order chi connectivity index (χ0) is 21.3. The number of hydrogen-bond donors (Lipinski definition) is 1. The lowest BCUT2D eigenvalue weighted by molar-refractivity contribution is -0.122. The number of fused-ring (bicyclic) bond motifs is 1. The lowest BCUT2D eigenvalue weighted by atomic mass is 9.77. The fraction of sp³-hybridized carbons (Fsp3) is 0.261. The van der Waals surface area contributed by atoms with Crippen LogP contribution in [0.15, 0.2) is 53.3 Å². The molecule has 0 unspecified atom stereocenters. The third-order valence-electron chi connectivity index (χ3n) is 5.61. The zero-order valence-electron chi connectivity index (χ0n) is 16.1. The van der Waals surface area contributed by atoms with Crippen LogP contribution < -0.4 is 10.9 Å². The van der Waals surface area contributed by atoms with Crippen molar-refractivity contribution >= 4 is 34.0 Å². The molecule has 0 aliphatic heterocycles. The van der Waals surface area contributed by atoms with E-state index in [9.17, 15) is 19.2 Å². The smallest absolute Gasteiger partial charge is 0.271 e. The summed E-state index contributed by atoms with van der Waals surface area (Å²) in [5.41, 5.74) is 1.56. The van der Waals surface area contributed by atoms with E-state index in [0.717, 1.165) is 10.9 Å². The van der Waals surface area contributed by atoms with E-state index in [2.05, 4.69) is 5.32 Å². The van der Waals surface area contributed by atoms with E-state index in [1.807, 2.05) is 30.3 Å². The molecule has 5 nitrogen and oxygen atoms in total. The van der Waals surface area contributed by atoms with Gasteiger partial charge in [-0.05, 0) is 36.6 Å². The summed E-state index contributed by atoms with van der Waals surface area (Å²) in [4.78, 5) is 24.9. The fourth-order valence-electron chi connectivity index (χ4n) is 3.90. The van der Waals surface area contributed by atoms with Gasteiger partial charge in [-0.1, -0.05) is 30.3 Å². The molecule has 3 aromatic rings. The van der Waals surface area contributed by atoms with E-state index in [-0.39, 0.29) is 41.5 Å². The number of rotatable bonds is 6. The Morgan fingerprint density at radius 2 is 1.90 bits per heavy atom. The molecule has 1 saturated carbocycles. The van der Waals surface area contributed by atoms with E-state index in [1.165, 1.54) is 16.7 Å². The number of para-hydroxylation sites is 1. The fourth-order valence-corrected chi connectivity index (χ4v) is 4.12. The molecular formula is C23H19ClFN3O2. The summed E-state index contributed by atoms with van der Waals surface area (Å²) >= 11 is 5.63. The van der Waals surface area contributed by atoms with E-state index in [0.29, 0.717) is 24.0 Å². The SMILES string of the molecule is N#Cc1c(NC2CC(C(=O)CCl)C2)c2ccccc2n(Cc2ccc(F)cc2)c1=O. The number of carbonyl (C=O) groups is 1. The van der Waals surface area contributed by atoms with E-state index >= 15 is 0 Å². The van der Waals surface area contributed by atoms with Gasteiger partial charge in [-0.25, -0.2) is 4.39 Å². The number of hydrogen-bond acceptors (Lipinski definition) is 4. The largest absolute Gasteiger partial charge is 0.380 e. The van der Waals surface area contributed by atoms with Crippen LogP contribution in [-0.2, 0) is 11.3 Å². The Labute approximate surface area is 177 Å². The Bertz CT molecular complexity index is 1210. The topological polar surface area (TPSA) is 74.9 Å². The summed E-state index contributed by atoms with van der Waals surface area (Å²) in [6.07, 6.45) is 1.26. The van der Waals surface area contributed by atoms with Crippen molar-refractivity contribution in [1.82, 2.24) is 4.57 Å². The minimum absolute atomic E-state index is 0.00317. The van der Waals surface area contributed by atoms with Crippen LogP contribution in [-0.4, -0.2) is 22.3 Å². The van der Waals surface area contributed by atoms with Gasteiger partial charge in [-0.3, -0.25) is 9.59 Å². The van der Waals surface area contributed by atoms with Crippen LogP contribution in [0.2, 0.25) is 0 Å². The van der Waals surface area contributed by atoms with E-state index in [1.54, 1.807) is 12.1 Å². The molecule has 1 fully saturated rings. The minimum Gasteiger partial charge on any atom is -0.380 e. The molecule has 0 amide bonds. The van der Waals surface area contributed by atoms with Crippen LogP contribution >= 0.6 is 11.6 Å². The summed E-state index contributed by atoms with van der Waals surface area (Å²) in [6, 6.07) is 15.4. The minimum atomic E-state index is -0.407. The van der Waals surface area contributed by atoms with Crippen LogP contribution in [0, 0.1) is 23.1 Å². The van der Waals surface area contributed by atoms with Gasteiger partial charge in [-0.15, -0.1) is 11.6 Å². The molecule has 0 atom stereocenters. The molecule has 1 N–H and O–H groups in total. The monoisotopic (exact) mass is 423 g/mol. The van der Waals surface area contributed by atoms with Crippen molar-refractivity contribution < 1.29 is 9.18 Å². The van der Waals surface area contributed by atoms with Crippen molar-refractivity contribution in [3.05, 3.63) is 75.8 Å². The van der Waals surface area contributed by atoms with Crippen LogP contribution in [0.25, 0.3) is 10.9 Å². The summed E-state index contributed by atoms with van der Waals surface area (Å²) in [6.45, 7) is 0.227. The van der Waals surface area contributed by atoms with Crippen molar-refractivity contribution in [3.8, 4) is 6.07 Å². The first-order valence-corrected chi connectivity index (χ1v) is 10.2. The third-order valence-corrected chi connectivity index (χ3v) is 5.88. The van der Waals surface area contributed by atoms with Crippen molar-refractivity contribution in [1.29, 1.82) is 5.26 Å². The maximum atomic E-state index is 13.2. The number of halogens is 2. The van der Waals surface area contributed by atoms with Crippen LogP contribution in [0.5, 0.6) is 0 Å². The van der Waals surface area contributed by atoms with Gasteiger partial charge >= 0.3 is 0 Å². The number of nitrogens with one attached hydrogen (secondary N) is 1. The Morgan fingerprint density at radius 3 is 2.57 bits per heavy atom. The molecule has 4 rings (SSSR count). The van der Waals surface area contributed by atoms with Gasteiger partial charge in [0, 0.05) is 17.3 Å². The molecule has 0 spiro atoms. The van der Waals surface area contributed by atoms with Crippen LogP contribution in [0.1, 0.15) is 24.0 Å². The number of benzene rings is 2. The summed E-state index contributed by atoms with van der Waals surface area (Å²) in [7, 11) is 0. The number of carbonyl (C=O) groups excluding carboxylic acids is 1. The maximum absolute atomic E-state index is 13.2. The summed E-state index contributed by atoms with van der Waals surface area (Å²) in [5, 5.41) is 13.8. The molecule has 1 heterocycles. The molecular weight excluding hydrogens is 405 g/mol. The highest BCUT2D eigenvalue weighted by atomic mass is 35.5. The number of nitriles is 1. The average molecular weight is 424 g/mol. The first kappa shape index (κ1) is 20.1. The Morgan fingerprint density at radius 1 is 1.20 bits per heavy atom. The summed E-state index contributed by atoms with van der Waals surface area (Å²) < 4.78 is 14.8. The van der Waals surface area contributed by atoms with Crippen LogP contribution in [0.4, 0.5) is 10.1 Å². The standard InChI is InChI=1S/C23H19ClFN3O2/c24-11-21(29)15-9-17(10-15)27-22-18-3-1-2-4-20(18)28(23(30)19(22)12-26)13-14-5-7-16(25)8-6-14/h1-8,15,17,27H,9-11,13H2. The van der Waals surface area contributed by atoms with Gasteiger partial charge in [0.05, 0.1) is 23.6 Å².